The second-order valence-electron chi connectivity index (χ2n) is 5.91. The molecule has 0 radical (unpaired) electrons. The maximum Gasteiger partial charge on any atom is 0.270 e. The maximum absolute atomic E-state index is 12.0. The van der Waals surface area contributed by atoms with Crippen molar-refractivity contribution >= 4 is 28.4 Å². The Morgan fingerprint density at radius 2 is 2.04 bits per heavy atom. The van der Waals surface area contributed by atoms with Crippen molar-refractivity contribution < 1.29 is 14.4 Å². The van der Waals surface area contributed by atoms with Crippen molar-refractivity contribution in [1.82, 2.24) is 9.97 Å². The summed E-state index contributed by atoms with van der Waals surface area (Å²) >= 11 is 0. The molecule has 1 N–H and O–H groups in total. The van der Waals surface area contributed by atoms with Gasteiger partial charge in [0, 0.05) is 23.8 Å². The van der Waals surface area contributed by atoms with Gasteiger partial charge in [0.1, 0.15) is 23.4 Å². The number of furan rings is 1. The summed E-state index contributed by atoms with van der Waals surface area (Å²) in [7, 11) is 0. The third-order valence-electron chi connectivity index (χ3n) is 4.12. The van der Waals surface area contributed by atoms with Gasteiger partial charge in [0.05, 0.1) is 21.5 Å². The molecule has 8 heteroatoms. The molecule has 0 aliphatic heterocycles. The summed E-state index contributed by atoms with van der Waals surface area (Å²) < 4.78 is 5.62. The topological polar surface area (TPSA) is 132 Å². The fourth-order valence-corrected chi connectivity index (χ4v) is 2.78. The van der Waals surface area contributed by atoms with Crippen LogP contribution in [0.25, 0.3) is 34.0 Å². The van der Waals surface area contributed by atoms with E-state index in [0.29, 0.717) is 11.6 Å². The zero-order valence-electron chi connectivity index (χ0n) is 14.2. The highest BCUT2D eigenvalue weighted by Crippen LogP contribution is 2.33. The van der Waals surface area contributed by atoms with Crippen molar-refractivity contribution in [3.63, 3.8) is 0 Å². The Hall–Kier alpha value is -4.38. The first-order valence-electron chi connectivity index (χ1n) is 8.18. The van der Waals surface area contributed by atoms with E-state index in [1.807, 2.05) is 24.3 Å². The second-order valence-corrected chi connectivity index (χ2v) is 5.91. The molecule has 0 atom stereocenters. The second kappa shape index (κ2) is 6.74. The van der Waals surface area contributed by atoms with Crippen LogP contribution < -0.4 is 5.11 Å². The minimum Gasteiger partial charge on any atom is -0.872 e. The minimum atomic E-state index is -0.581. The Morgan fingerprint density at radius 3 is 2.79 bits per heavy atom. The molecule has 4 aromatic rings. The van der Waals surface area contributed by atoms with Crippen molar-refractivity contribution in [2.24, 2.45) is 0 Å². The summed E-state index contributed by atoms with van der Waals surface area (Å²) in [6, 6.07) is 16.0. The summed E-state index contributed by atoms with van der Waals surface area (Å²) in [5, 5.41) is 32.5. The molecule has 8 nitrogen and oxygen atoms in total. The number of nitro benzene ring substituents is 1. The fourth-order valence-electron chi connectivity index (χ4n) is 2.78. The van der Waals surface area contributed by atoms with E-state index in [2.05, 4.69) is 16.0 Å². The molecule has 0 saturated heterocycles. The van der Waals surface area contributed by atoms with E-state index in [1.54, 1.807) is 6.07 Å². The number of nitriles is 1. The third kappa shape index (κ3) is 3.08. The largest absolute Gasteiger partial charge is 0.872 e. The van der Waals surface area contributed by atoms with E-state index < -0.39 is 10.7 Å². The standard InChI is InChI=1S/C20H12N4O4/c21-11-12(20-22-16-3-1-2-4-17(16)23-20)9-14-6-8-19(28-14)15-10-13(24(26)27)5-7-18(15)25/h1-10,25H,(H,22,23)/p-1/b12-9+. The number of para-hydroxylation sites is 2. The van der Waals surface area contributed by atoms with Gasteiger partial charge in [-0.15, -0.1) is 0 Å². The van der Waals surface area contributed by atoms with Crippen LogP contribution in [0, 0.1) is 21.4 Å². The lowest BCUT2D eigenvalue weighted by Gasteiger charge is -2.10. The van der Waals surface area contributed by atoms with Crippen LogP contribution in [0.5, 0.6) is 5.75 Å². The van der Waals surface area contributed by atoms with Gasteiger partial charge in [-0.1, -0.05) is 23.9 Å². The molecule has 4 rings (SSSR count). The fraction of sp³-hybridized carbons (Fsp3) is 0. The molecule has 28 heavy (non-hydrogen) atoms. The first-order valence-corrected chi connectivity index (χ1v) is 8.18. The van der Waals surface area contributed by atoms with E-state index in [-0.39, 0.29) is 22.6 Å². The number of nitrogens with one attached hydrogen (secondary N) is 1. The van der Waals surface area contributed by atoms with E-state index >= 15 is 0 Å². The number of H-pyrrole nitrogens is 1. The SMILES string of the molecule is N#C/C(=C\c1ccc(-c2cc([N+](=O)[O-])ccc2[O-])o1)c1nc2ccccc2[nH]1. The van der Waals surface area contributed by atoms with Gasteiger partial charge in [0.2, 0.25) is 0 Å². The van der Waals surface area contributed by atoms with Crippen LogP contribution in [0.15, 0.2) is 59.0 Å². The summed E-state index contributed by atoms with van der Waals surface area (Å²) in [6.45, 7) is 0. The average Bonchev–Trinajstić information content (AvgIpc) is 3.33. The van der Waals surface area contributed by atoms with Crippen LogP contribution in [0.1, 0.15) is 11.6 Å². The number of aromatic nitrogens is 2. The number of nitro groups is 1. The van der Waals surface area contributed by atoms with Gasteiger partial charge in [0.25, 0.3) is 5.69 Å². The molecule has 0 bridgehead atoms. The molecule has 0 aliphatic carbocycles. The van der Waals surface area contributed by atoms with Crippen molar-refractivity contribution in [3.8, 4) is 23.1 Å². The van der Waals surface area contributed by atoms with Gasteiger partial charge < -0.3 is 14.5 Å². The van der Waals surface area contributed by atoms with E-state index in [1.165, 1.54) is 18.2 Å². The molecule has 2 aromatic carbocycles. The van der Waals surface area contributed by atoms with Gasteiger partial charge in [-0.2, -0.15) is 5.26 Å². The molecule has 0 spiro atoms. The number of rotatable bonds is 4. The van der Waals surface area contributed by atoms with Crippen molar-refractivity contribution in [1.29, 1.82) is 5.26 Å². The highest BCUT2D eigenvalue weighted by Gasteiger charge is 2.13. The smallest absolute Gasteiger partial charge is 0.270 e. The molecule has 0 saturated carbocycles. The summed E-state index contributed by atoms with van der Waals surface area (Å²) in [6.07, 6.45) is 1.49. The molecular formula is C20H11N4O4-. The zero-order valence-corrected chi connectivity index (χ0v) is 14.2. The Labute approximate surface area is 158 Å². The van der Waals surface area contributed by atoms with E-state index in [0.717, 1.165) is 23.2 Å². The monoisotopic (exact) mass is 371 g/mol. The minimum absolute atomic E-state index is 0.0797. The Bertz CT molecular complexity index is 1240. The molecular weight excluding hydrogens is 360 g/mol. The van der Waals surface area contributed by atoms with Crippen molar-refractivity contribution in [2.75, 3.05) is 0 Å². The third-order valence-corrected chi connectivity index (χ3v) is 4.12. The van der Waals surface area contributed by atoms with Crippen molar-refractivity contribution in [3.05, 3.63) is 76.3 Å². The first-order chi connectivity index (χ1) is 13.5. The van der Waals surface area contributed by atoms with Gasteiger partial charge in [-0.25, -0.2) is 4.98 Å². The maximum atomic E-state index is 12.0. The van der Waals surface area contributed by atoms with Crippen molar-refractivity contribution in [2.45, 2.75) is 0 Å². The number of aromatic amines is 1. The highest BCUT2D eigenvalue weighted by molar-refractivity contribution is 5.89. The predicted molar refractivity (Wildman–Crippen MR) is 99.8 cm³/mol. The van der Waals surface area contributed by atoms with Crippen LogP contribution in [-0.2, 0) is 0 Å². The van der Waals surface area contributed by atoms with E-state index in [9.17, 15) is 20.5 Å². The number of fused-ring (bicyclic) bond motifs is 1. The Morgan fingerprint density at radius 1 is 1.21 bits per heavy atom. The number of imidazole rings is 1. The molecule has 0 aliphatic rings. The summed E-state index contributed by atoms with van der Waals surface area (Å²) in [5.41, 5.74) is 1.65. The van der Waals surface area contributed by atoms with Gasteiger partial charge in [0.15, 0.2) is 0 Å². The molecule has 2 heterocycles. The van der Waals surface area contributed by atoms with Crippen LogP contribution in [-0.4, -0.2) is 14.9 Å². The van der Waals surface area contributed by atoms with Gasteiger partial charge in [-0.3, -0.25) is 10.1 Å². The Balaban J connectivity index is 1.71. The highest BCUT2D eigenvalue weighted by atomic mass is 16.6. The number of nitrogens with zero attached hydrogens (tertiary/aromatic N) is 3. The zero-order chi connectivity index (χ0) is 19.7. The predicted octanol–water partition coefficient (Wildman–Crippen LogP) is 3.87. The number of benzene rings is 2. The molecule has 0 unspecified atom stereocenters. The molecule has 136 valence electrons. The quantitative estimate of drug-likeness (QED) is 0.329. The summed E-state index contributed by atoms with van der Waals surface area (Å²) in [5.74, 6) is 0.495. The summed E-state index contributed by atoms with van der Waals surface area (Å²) in [4.78, 5) is 17.8. The number of hydrogen-bond donors (Lipinski definition) is 1. The van der Waals surface area contributed by atoms with Crippen LogP contribution >= 0.6 is 0 Å². The van der Waals surface area contributed by atoms with E-state index in [4.69, 9.17) is 4.42 Å². The number of non-ortho nitro benzene ring substituents is 1. The normalized spacial score (nSPS) is 11.5. The molecule has 2 aromatic heterocycles. The average molecular weight is 371 g/mol. The lowest BCUT2D eigenvalue weighted by atomic mass is 10.1. The van der Waals surface area contributed by atoms with Gasteiger partial charge in [-0.05, 0) is 24.3 Å². The van der Waals surface area contributed by atoms with Crippen LogP contribution in [0.2, 0.25) is 0 Å². The van der Waals surface area contributed by atoms with Crippen LogP contribution in [0.3, 0.4) is 0 Å². The lowest BCUT2D eigenvalue weighted by Crippen LogP contribution is -1.95. The first kappa shape index (κ1) is 17.1. The number of hydrogen-bond acceptors (Lipinski definition) is 6. The lowest BCUT2D eigenvalue weighted by molar-refractivity contribution is -0.385. The van der Waals surface area contributed by atoms with Crippen LogP contribution in [0.4, 0.5) is 5.69 Å². The number of allylic oxidation sites excluding steroid dienone is 1. The molecule has 0 amide bonds. The Kier molecular flexibility index (Phi) is 4.10. The van der Waals surface area contributed by atoms with Gasteiger partial charge >= 0.3 is 0 Å². The molecule has 0 fully saturated rings.